The first-order valence-corrected chi connectivity index (χ1v) is 7.06. The molecule has 5 nitrogen and oxygen atoms in total. The first kappa shape index (κ1) is 14.4. The van der Waals surface area contributed by atoms with Crippen molar-refractivity contribution in [1.29, 1.82) is 0 Å². The monoisotopic (exact) mass is 299 g/mol. The van der Waals surface area contributed by atoms with Crippen molar-refractivity contribution in [2.45, 2.75) is 19.8 Å². The van der Waals surface area contributed by atoms with Gasteiger partial charge in [0.05, 0.1) is 29.9 Å². The Morgan fingerprint density at radius 3 is 2.73 bits per heavy atom. The normalized spacial score (nSPS) is 20.5. The Bertz CT molecular complexity index is 730. The third-order valence-electron chi connectivity index (χ3n) is 4.12. The lowest BCUT2D eigenvalue weighted by molar-refractivity contribution is -0.136. The number of hydrogen-bond donors (Lipinski definition) is 1. The summed E-state index contributed by atoms with van der Waals surface area (Å²) in [5.41, 5.74) is 4.29. The topological polar surface area (TPSA) is 64.6 Å². The van der Waals surface area contributed by atoms with Crippen molar-refractivity contribution in [3.05, 3.63) is 57.9 Å². The molecule has 0 aliphatic carbocycles. The quantitative estimate of drug-likeness (QED) is 0.846. The number of allylic oxidation sites excluding steroid dienone is 1. The minimum Gasteiger partial charge on any atom is -0.466 e. The molecule has 1 aromatic carbocycles. The summed E-state index contributed by atoms with van der Waals surface area (Å²) < 4.78 is 10.1. The van der Waals surface area contributed by atoms with Crippen LogP contribution in [0.1, 0.15) is 24.0 Å². The summed E-state index contributed by atoms with van der Waals surface area (Å²) in [6, 6.07) is 7.71. The first-order valence-electron chi connectivity index (χ1n) is 7.06. The van der Waals surface area contributed by atoms with Gasteiger partial charge in [0.1, 0.15) is 6.61 Å². The van der Waals surface area contributed by atoms with Crippen LogP contribution in [0, 0.1) is 6.92 Å². The second kappa shape index (κ2) is 5.33. The molecule has 2 aliphatic rings. The van der Waals surface area contributed by atoms with Crippen LogP contribution in [0.5, 0.6) is 0 Å². The number of methoxy groups -OCH3 is 1. The second-order valence-corrected chi connectivity index (χ2v) is 5.41. The fourth-order valence-corrected chi connectivity index (χ4v) is 3.07. The summed E-state index contributed by atoms with van der Waals surface area (Å²) in [7, 11) is 1.34. The predicted octanol–water partition coefficient (Wildman–Crippen LogP) is 1.94. The number of ether oxygens (including phenoxy) is 2. The smallest absolute Gasteiger partial charge is 0.337 e. The number of aryl methyl sites for hydroxylation is 1. The Labute approximate surface area is 128 Å². The van der Waals surface area contributed by atoms with Crippen molar-refractivity contribution in [1.82, 2.24) is 5.32 Å². The maximum atomic E-state index is 12.3. The van der Waals surface area contributed by atoms with E-state index >= 15 is 0 Å². The van der Waals surface area contributed by atoms with E-state index < -0.39 is 11.9 Å². The molecule has 3 rings (SSSR count). The van der Waals surface area contributed by atoms with E-state index in [-0.39, 0.29) is 12.6 Å². The first-order chi connectivity index (χ1) is 10.5. The van der Waals surface area contributed by atoms with Crippen molar-refractivity contribution in [2.24, 2.45) is 0 Å². The van der Waals surface area contributed by atoms with E-state index in [9.17, 15) is 9.59 Å². The molecular weight excluding hydrogens is 282 g/mol. The lowest BCUT2D eigenvalue weighted by Crippen LogP contribution is -2.30. The third kappa shape index (κ3) is 2.09. The molecule has 0 saturated carbocycles. The molecule has 1 N–H and O–H groups in total. The Hall–Kier alpha value is -2.56. The van der Waals surface area contributed by atoms with Gasteiger partial charge in [-0.2, -0.15) is 0 Å². The fourth-order valence-electron chi connectivity index (χ4n) is 3.07. The minimum absolute atomic E-state index is 0.211. The average Bonchev–Trinajstić information content (AvgIpc) is 2.87. The zero-order chi connectivity index (χ0) is 15.9. The average molecular weight is 299 g/mol. The van der Waals surface area contributed by atoms with Gasteiger partial charge in [0.15, 0.2) is 0 Å². The van der Waals surface area contributed by atoms with Gasteiger partial charge in [-0.05, 0) is 25.0 Å². The molecule has 1 atom stereocenters. The summed E-state index contributed by atoms with van der Waals surface area (Å²) in [6.45, 7) is 3.98. The molecule has 0 amide bonds. The van der Waals surface area contributed by atoms with Gasteiger partial charge in [-0.3, -0.25) is 0 Å². The SMILES string of the molecule is COC(=O)C1=C(C)NC2=C(C(=O)OC2)[C@H]1c1ccccc1C. The number of carbonyl (C=O) groups excluding carboxylic acids is 2. The Morgan fingerprint density at radius 2 is 2.05 bits per heavy atom. The van der Waals surface area contributed by atoms with Crippen molar-refractivity contribution < 1.29 is 19.1 Å². The van der Waals surface area contributed by atoms with Crippen LogP contribution < -0.4 is 5.32 Å². The molecule has 5 heteroatoms. The number of nitrogens with one attached hydrogen (secondary N) is 1. The minimum atomic E-state index is -0.458. The number of rotatable bonds is 2. The molecule has 0 aromatic heterocycles. The van der Waals surface area contributed by atoms with E-state index in [0.717, 1.165) is 16.8 Å². The lowest BCUT2D eigenvalue weighted by atomic mass is 9.79. The standard InChI is InChI=1S/C17H17NO4/c1-9-6-4-5-7-11(9)14-13(16(19)21-3)10(2)18-12-8-22-17(20)15(12)14/h4-7,14,18H,8H2,1-3H3/t14-/m0/s1. The highest BCUT2D eigenvalue weighted by Gasteiger charge is 2.42. The van der Waals surface area contributed by atoms with Gasteiger partial charge in [-0.25, -0.2) is 9.59 Å². The molecule has 1 aromatic rings. The van der Waals surface area contributed by atoms with Crippen LogP contribution in [0.2, 0.25) is 0 Å². The zero-order valence-corrected chi connectivity index (χ0v) is 12.7. The van der Waals surface area contributed by atoms with Gasteiger partial charge in [-0.15, -0.1) is 0 Å². The zero-order valence-electron chi connectivity index (χ0n) is 12.7. The molecule has 0 saturated heterocycles. The largest absolute Gasteiger partial charge is 0.466 e. The summed E-state index contributed by atoms with van der Waals surface area (Å²) in [6.07, 6.45) is 0. The highest BCUT2D eigenvalue weighted by Crippen LogP contribution is 2.42. The molecule has 0 fully saturated rings. The predicted molar refractivity (Wildman–Crippen MR) is 79.8 cm³/mol. The van der Waals surface area contributed by atoms with Crippen molar-refractivity contribution >= 4 is 11.9 Å². The van der Waals surface area contributed by atoms with E-state index in [0.29, 0.717) is 16.8 Å². The summed E-state index contributed by atoms with van der Waals surface area (Å²) in [5.74, 6) is -1.28. The molecule has 114 valence electrons. The van der Waals surface area contributed by atoms with Crippen LogP contribution in [-0.2, 0) is 19.1 Å². The van der Waals surface area contributed by atoms with Crippen LogP contribution in [0.4, 0.5) is 0 Å². The van der Waals surface area contributed by atoms with Crippen molar-refractivity contribution in [3.63, 3.8) is 0 Å². The van der Waals surface area contributed by atoms with Gasteiger partial charge in [0.2, 0.25) is 0 Å². The van der Waals surface area contributed by atoms with Crippen LogP contribution in [-0.4, -0.2) is 25.7 Å². The Kier molecular flexibility index (Phi) is 3.48. The van der Waals surface area contributed by atoms with E-state index in [4.69, 9.17) is 9.47 Å². The highest BCUT2D eigenvalue weighted by molar-refractivity contribution is 6.01. The number of esters is 2. The second-order valence-electron chi connectivity index (χ2n) is 5.41. The molecule has 22 heavy (non-hydrogen) atoms. The van der Waals surface area contributed by atoms with Crippen molar-refractivity contribution in [2.75, 3.05) is 13.7 Å². The molecule has 2 heterocycles. The molecular formula is C17H17NO4. The van der Waals surface area contributed by atoms with Crippen LogP contribution >= 0.6 is 0 Å². The van der Waals surface area contributed by atoms with Crippen LogP contribution in [0.3, 0.4) is 0 Å². The van der Waals surface area contributed by atoms with Gasteiger partial charge in [0.25, 0.3) is 0 Å². The van der Waals surface area contributed by atoms with E-state index in [2.05, 4.69) is 5.32 Å². The maximum Gasteiger partial charge on any atom is 0.337 e. The van der Waals surface area contributed by atoms with Gasteiger partial charge in [0, 0.05) is 5.70 Å². The summed E-state index contributed by atoms with van der Waals surface area (Å²) in [5, 5.41) is 3.11. The van der Waals surface area contributed by atoms with Crippen LogP contribution in [0.15, 0.2) is 46.8 Å². The molecule has 0 bridgehead atoms. The van der Waals surface area contributed by atoms with E-state index in [1.165, 1.54) is 7.11 Å². The van der Waals surface area contributed by atoms with Gasteiger partial charge >= 0.3 is 11.9 Å². The molecule has 0 spiro atoms. The summed E-state index contributed by atoms with van der Waals surface area (Å²) in [4.78, 5) is 24.4. The van der Waals surface area contributed by atoms with Crippen LogP contribution in [0.25, 0.3) is 0 Å². The number of dihydropyridines is 1. The van der Waals surface area contributed by atoms with Crippen molar-refractivity contribution in [3.8, 4) is 0 Å². The Balaban J connectivity index is 2.22. The van der Waals surface area contributed by atoms with E-state index in [1.807, 2.05) is 38.1 Å². The fraction of sp³-hybridized carbons (Fsp3) is 0.294. The maximum absolute atomic E-state index is 12.3. The van der Waals surface area contributed by atoms with Gasteiger partial charge in [-0.1, -0.05) is 24.3 Å². The number of cyclic esters (lactones) is 1. The summed E-state index contributed by atoms with van der Waals surface area (Å²) >= 11 is 0. The number of hydrogen-bond acceptors (Lipinski definition) is 5. The number of benzene rings is 1. The van der Waals surface area contributed by atoms with Gasteiger partial charge < -0.3 is 14.8 Å². The third-order valence-corrected chi connectivity index (χ3v) is 4.12. The number of carbonyl (C=O) groups is 2. The lowest BCUT2D eigenvalue weighted by Gasteiger charge is -2.28. The van der Waals surface area contributed by atoms with E-state index in [1.54, 1.807) is 0 Å². The Morgan fingerprint density at radius 1 is 1.32 bits per heavy atom. The molecule has 0 radical (unpaired) electrons. The highest BCUT2D eigenvalue weighted by atomic mass is 16.5. The molecule has 2 aliphatic heterocycles. The molecule has 0 unspecified atom stereocenters.